The number of aliphatic hydroxyl groups excluding tert-OH is 13. The molecule has 9 aliphatic rings. The van der Waals surface area contributed by atoms with Crippen molar-refractivity contribution in [2.24, 2.45) is 56.7 Å². The fraction of sp³-hybridized carbons (Fsp3) is 1.00. The third-order valence-electron chi connectivity index (χ3n) is 21.5. The van der Waals surface area contributed by atoms with Gasteiger partial charge in [-0.25, -0.2) is 0 Å². The Balaban J connectivity index is 0.976. The molecule has 0 aromatic carbocycles. The van der Waals surface area contributed by atoms with Crippen molar-refractivity contribution in [3.8, 4) is 0 Å². The minimum Gasteiger partial charge on any atom is -0.394 e. The maximum Gasteiger partial charge on any atom is 0.187 e. The second-order valence-electron chi connectivity index (χ2n) is 26.0. The van der Waals surface area contributed by atoms with E-state index in [2.05, 4.69) is 41.5 Å². The van der Waals surface area contributed by atoms with Gasteiger partial charge in [0.25, 0.3) is 0 Å². The Kier molecular flexibility index (Phi) is 15.6. The van der Waals surface area contributed by atoms with Crippen LogP contribution in [0.2, 0.25) is 0 Å². The highest BCUT2D eigenvalue weighted by atomic mass is 16.7. The molecule has 4 aliphatic heterocycles. The first kappa shape index (κ1) is 56.9. The summed E-state index contributed by atoms with van der Waals surface area (Å²) in [5, 5.41) is 141. The molecule has 4 heterocycles. The van der Waals surface area contributed by atoms with E-state index in [0.29, 0.717) is 32.1 Å². The largest absolute Gasteiger partial charge is 0.394 e. The van der Waals surface area contributed by atoms with E-state index >= 15 is 0 Å². The number of aliphatic hydroxyl groups is 13. The van der Waals surface area contributed by atoms with Crippen molar-refractivity contribution in [1.82, 2.24) is 0 Å². The fourth-order valence-corrected chi connectivity index (χ4v) is 17.7. The predicted molar refractivity (Wildman–Crippen MR) is 252 cm³/mol. The van der Waals surface area contributed by atoms with Crippen molar-refractivity contribution in [3.05, 3.63) is 0 Å². The van der Waals surface area contributed by atoms with Crippen molar-refractivity contribution in [2.75, 3.05) is 19.8 Å². The third-order valence-corrected chi connectivity index (χ3v) is 21.5. The van der Waals surface area contributed by atoms with E-state index in [1.165, 1.54) is 6.92 Å². The highest BCUT2D eigenvalue weighted by molar-refractivity contribution is 5.23. The Morgan fingerprint density at radius 3 is 1.74 bits per heavy atom. The van der Waals surface area contributed by atoms with Gasteiger partial charge in [0.2, 0.25) is 0 Å². The number of rotatable bonds is 10. The molecule has 73 heavy (non-hydrogen) atoms. The first-order chi connectivity index (χ1) is 34.0. The van der Waals surface area contributed by atoms with Gasteiger partial charge < -0.3 is 104 Å². The van der Waals surface area contributed by atoms with Gasteiger partial charge >= 0.3 is 0 Å². The summed E-state index contributed by atoms with van der Waals surface area (Å²) in [6.07, 6.45) is -22.0. The van der Waals surface area contributed by atoms with Gasteiger partial charge in [-0.15, -0.1) is 0 Å². The summed E-state index contributed by atoms with van der Waals surface area (Å²) in [6.45, 7) is 17.6. The van der Waals surface area contributed by atoms with Gasteiger partial charge in [-0.05, 0) is 129 Å². The summed E-state index contributed by atoms with van der Waals surface area (Å²) in [4.78, 5) is 0. The zero-order chi connectivity index (χ0) is 53.4. The topological polar surface area (TPSA) is 337 Å². The van der Waals surface area contributed by atoms with Gasteiger partial charge in [0, 0.05) is 0 Å². The van der Waals surface area contributed by atoms with Gasteiger partial charge in [-0.3, -0.25) is 0 Å². The quantitative estimate of drug-likeness (QED) is 0.114. The molecule has 5 saturated carbocycles. The molecule has 9 fully saturated rings. The fourth-order valence-electron chi connectivity index (χ4n) is 17.7. The summed E-state index contributed by atoms with van der Waals surface area (Å²) in [7, 11) is 0. The monoisotopic (exact) mass is 1050 g/mol. The summed E-state index contributed by atoms with van der Waals surface area (Å²) in [5.74, 6) is -0.477. The summed E-state index contributed by atoms with van der Waals surface area (Å²) >= 11 is 0. The maximum atomic E-state index is 12.8. The van der Waals surface area contributed by atoms with Crippen LogP contribution in [-0.4, -0.2) is 221 Å². The molecule has 422 valence electrons. The molecule has 9 rings (SSSR count). The first-order valence-corrected chi connectivity index (χ1v) is 26.9. The highest BCUT2D eigenvalue weighted by Crippen LogP contribution is 2.78. The Bertz CT molecular complexity index is 1930. The molecule has 13 N–H and O–H groups in total. The summed E-state index contributed by atoms with van der Waals surface area (Å²) in [5.41, 5.74) is -3.48. The van der Waals surface area contributed by atoms with Crippen LogP contribution in [0, 0.1) is 56.7 Å². The van der Waals surface area contributed by atoms with Gasteiger partial charge in [0.1, 0.15) is 79.4 Å². The molecule has 30 atom stereocenters. The van der Waals surface area contributed by atoms with Crippen molar-refractivity contribution < 1.29 is 104 Å². The molecular formula is C52H88O21. The van der Waals surface area contributed by atoms with E-state index in [4.69, 9.17) is 37.9 Å². The zero-order valence-corrected chi connectivity index (χ0v) is 43.9. The number of fused-ring (bicyclic) bond motifs is 7. The average molecular weight is 1050 g/mol. The van der Waals surface area contributed by atoms with E-state index in [-0.39, 0.29) is 48.2 Å². The summed E-state index contributed by atoms with van der Waals surface area (Å²) in [6, 6.07) is 0. The van der Waals surface area contributed by atoms with Crippen LogP contribution in [0.1, 0.15) is 114 Å². The molecule has 0 aromatic heterocycles. The number of hydrogen-bond acceptors (Lipinski definition) is 21. The lowest BCUT2D eigenvalue weighted by molar-refractivity contribution is -0.359. The van der Waals surface area contributed by atoms with Crippen molar-refractivity contribution >= 4 is 0 Å². The van der Waals surface area contributed by atoms with Crippen LogP contribution in [0.3, 0.4) is 0 Å². The number of ether oxygens (including phenoxy) is 8. The molecule has 5 aliphatic carbocycles. The lowest BCUT2D eigenvalue weighted by Crippen LogP contribution is -2.72. The van der Waals surface area contributed by atoms with Crippen molar-refractivity contribution in [3.63, 3.8) is 0 Å². The Morgan fingerprint density at radius 1 is 0.521 bits per heavy atom. The minimum absolute atomic E-state index is 0.0994. The van der Waals surface area contributed by atoms with Crippen LogP contribution in [0.5, 0.6) is 0 Å². The zero-order valence-electron chi connectivity index (χ0n) is 43.9. The smallest absolute Gasteiger partial charge is 0.187 e. The number of hydrogen-bond donors (Lipinski definition) is 13. The molecule has 0 aromatic rings. The van der Waals surface area contributed by atoms with Gasteiger partial charge in [0.15, 0.2) is 25.2 Å². The lowest BCUT2D eigenvalue weighted by Gasteiger charge is -2.75. The summed E-state index contributed by atoms with van der Waals surface area (Å²) < 4.78 is 49.5. The molecule has 0 unspecified atom stereocenters. The van der Waals surface area contributed by atoms with Crippen LogP contribution in [0.15, 0.2) is 0 Å². The van der Waals surface area contributed by atoms with Crippen LogP contribution in [0.4, 0.5) is 0 Å². The molecule has 0 spiro atoms. The van der Waals surface area contributed by atoms with E-state index in [0.717, 1.165) is 19.3 Å². The normalized spacial score (nSPS) is 57.3. The lowest BCUT2D eigenvalue weighted by atomic mass is 9.31. The Hall–Kier alpha value is -0.840. The van der Waals surface area contributed by atoms with Crippen LogP contribution >= 0.6 is 0 Å². The van der Waals surface area contributed by atoms with Crippen LogP contribution < -0.4 is 0 Å². The van der Waals surface area contributed by atoms with Gasteiger partial charge in [-0.1, -0.05) is 41.5 Å². The van der Waals surface area contributed by atoms with Crippen LogP contribution in [0.25, 0.3) is 0 Å². The highest BCUT2D eigenvalue weighted by Gasteiger charge is 2.75. The maximum absolute atomic E-state index is 12.8. The second kappa shape index (κ2) is 20.1. The predicted octanol–water partition coefficient (Wildman–Crippen LogP) is -1.24. The molecule has 0 amide bonds. The second-order valence-corrected chi connectivity index (χ2v) is 26.0. The Morgan fingerprint density at radius 2 is 1.07 bits per heavy atom. The van der Waals surface area contributed by atoms with Crippen LogP contribution in [-0.2, 0) is 37.9 Å². The molecule has 0 radical (unpaired) electrons. The van der Waals surface area contributed by atoms with E-state index in [1.54, 1.807) is 0 Å². The van der Waals surface area contributed by atoms with E-state index < -0.39 is 163 Å². The third kappa shape index (κ3) is 9.03. The molecule has 21 heteroatoms. The molecular weight excluding hydrogens is 961 g/mol. The van der Waals surface area contributed by atoms with Crippen molar-refractivity contribution in [2.45, 2.75) is 248 Å². The van der Waals surface area contributed by atoms with Gasteiger partial charge in [0.05, 0.1) is 49.8 Å². The Labute approximate surface area is 428 Å². The SMILES string of the molecule is C[C@@H]1O[C@@H](O[C@@H]2CO[C@H](O[C@H]3CC[C@@]4(C)[C@H]([C@@H](O[C@@H]5OC[C@@H](O)[C@H](O)[C@H]5O)C[C@]5(C)[C@@H]4CC[C@@H]4[C@@]6(C)CC[C@@H](C(C)(C)O[C@@H]7O[C@H](CO)[C@@H](O)[C@H](O)[C@H]7O)[C@@H]6[C@@H](O)C[C@]45C)C3(C)C)[C@H](O)[C@H]2O)[C@H](O)[C@H](O)[C@H]1O. The van der Waals surface area contributed by atoms with E-state index in [1.807, 2.05) is 13.8 Å². The minimum atomic E-state index is -1.63. The molecule has 0 bridgehead atoms. The standard InChI is InChI=1S/C52H88O21/c1-21-32(56)36(60)40(64)45(68-21)71-27-20-67-44(39(63)35(27)59)72-30-13-15-50(7)29-11-10-28-49(6)14-12-22(48(4,5)73-46-41(65)37(61)34(58)26(18-53)70-46)31(49)23(54)16-51(28,8)52(29,9)17-25(42(50)47(30,2)3)69-43-38(62)33(57)24(55)19-66-43/h21-46,53-65H,10-20H2,1-9H3/t21-,22+,23-,24+,25-,26+,27+,28+,29+,30-,31+,32-,33-,34+,35-,36+,37-,38+,39+,40+,41+,42+,43-,44+,45-,46-,49+,50+,51+,52+/m0/s1. The average Bonchev–Trinajstić information content (AvgIpc) is 3.70. The van der Waals surface area contributed by atoms with Crippen molar-refractivity contribution in [1.29, 1.82) is 0 Å². The van der Waals surface area contributed by atoms with Gasteiger partial charge in [-0.2, -0.15) is 0 Å². The van der Waals surface area contributed by atoms with E-state index in [9.17, 15) is 66.4 Å². The first-order valence-electron chi connectivity index (χ1n) is 26.9. The molecule has 4 saturated heterocycles. The molecule has 21 nitrogen and oxygen atoms in total.